The summed E-state index contributed by atoms with van der Waals surface area (Å²) in [4.78, 5) is 15.8. The number of hydrogen-bond acceptors (Lipinski definition) is 2. The third kappa shape index (κ3) is 3.45. The first-order valence-corrected chi connectivity index (χ1v) is 10.2. The Morgan fingerprint density at radius 3 is 2.46 bits per heavy atom. The van der Waals surface area contributed by atoms with Crippen LogP contribution in [0.1, 0.15) is 60.2 Å². The second-order valence-electron chi connectivity index (χ2n) is 7.21. The van der Waals surface area contributed by atoms with Gasteiger partial charge < -0.3 is 15.4 Å². The summed E-state index contributed by atoms with van der Waals surface area (Å²) in [7, 11) is 0. The van der Waals surface area contributed by atoms with Gasteiger partial charge in [0.05, 0.1) is 17.7 Å². The summed E-state index contributed by atoms with van der Waals surface area (Å²) in [6.07, 6.45) is 5.55. The molecule has 0 aliphatic heterocycles. The predicted molar refractivity (Wildman–Crippen MR) is 115 cm³/mol. The molecular weight excluding hydrogens is 348 g/mol. The van der Waals surface area contributed by atoms with E-state index in [1.54, 1.807) is 0 Å². The Kier molecular flexibility index (Phi) is 6.20. The Hall–Kier alpha value is -2.59. The van der Waals surface area contributed by atoms with Crippen molar-refractivity contribution in [3.05, 3.63) is 70.9 Å². The quantitative estimate of drug-likeness (QED) is 0.603. The van der Waals surface area contributed by atoms with E-state index >= 15 is 0 Å². The fraction of sp³-hybridized carbons (Fsp3) is 0.375. The third-order valence-electron chi connectivity index (χ3n) is 5.68. The summed E-state index contributed by atoms with van der Waals surface area (Å²) in [5, 5.41) is 12.8. The molecule has 1 saturated carbocycles. The molecule has 1 amide bonds. The maximum absolute atomic E-state index is 12.4. The average molecular weight is 379 g/mol. The van der Waals surface area contributed by atoms with Gasteiger partial charge in [-0.2, -0.15) is 0 Å². The first kappa shape index (κ1) is 20.2. The molecule has 0 spiro atoms. The molecule has 4 nitrogen and oxygen atoms in total. The molecular formula is C24H30N2O2. The van der Waals surface area contributed by atoms with Crippen molar-refractivity contribution in [1.82, 2.24) is 10.3 Å². The van der Waals surface area contributed by atoms with Crippen LogP contribution in [-0.4, -0.2) is 29.1 Å². The molecule has 3 aromatic rings. The van der Waals surface area contributed by atoms with E-state index in [9.17, 15) is 4.79 Å². The van der Waals surface area contributed by atoms with Gasteiger partial charge >= 0.3 is 0 Å². The van der Waals surface area contributed by atoms with Gasteiger partial charge in [0.2, 0.25) is 0 Å². The molecule has 1 aromatic heterocycles. The minimum absolute atomic E-state index is 0.0339. The molecule has 1 heterocycles. The highest BCUT2D eigenvalue weighted by atomic mass is 16.3. The minimum Gasteiger partial charge on any atom is -0.395 e. The van der Waals surface area contributed by atoms with Crippen LogP contribution in [0.4, 0.5) is 0 Å². The zero-order valence-electron chi connectivity index (χ0n) is 17.0. The first-order chi connectivity index (χ1) is 13.7. The van der Waals surface area contributed by atoms with Gasteiger partial charge in [-0.3, -0.25) is 4.79 Å². The largest absolute Gasteiger partial charge is 0.395 e. The fourth-order valence-corrected chi connectivity index (χ4v) is 4.12. The monoisotopic (exact) mass is 378 g/mol. The van der Waals surface area contributed by atoms with E-state index in [1.807, 2.05) is 26.0 Å². The van der Waals surface area contributed by atoms with E-state index in [0.29, 0.717) is 5.56 Å². The number of nitrogens with one attached hydrogen (secondary N) is 2. The molecule has 148 valence electrons. The number of aliphatic hydroxyl groups is 1. The molecule has 28 heavy (non-hydrogen) atoms. The number of H-pyrrole nitrogens is 1. The molecule has 1 fully saturated rings. The number of hydrogen-bond donors (Lipinski definition) is 3. The molecule has 0 unspecified atom stereocenters. The van der Waals surface area contributed by atoms with Crippen LogP contribution in [0.2, 0.25) is 0 Å². The summed E-state index contributed by atoms with van der Waals surface area (Å²) in [5.74, 6) is -0.156. The van der Waals surface area contributed by atoms with Crippen molar-refractivity contribution in [1.29, 1.82) is 0 Å². The molecule has 2 aromatic carbocycles. The van der Waals surface area contributed by atoms with Gasteiger partial charge in [0.1, 0.15) is 0 Å². The maximum atomic E-state index is 12.4. The molecule has 4 heteroatoms. The van der Waals surface area contributed by atoms with Crippen LogP contribution in [0.3, 0.4) is 0 Å². The van der Waals surface area contributed by atoms with Crippen LogP contribution in [0, 0.1) is 6.92 Å². The highest BCUT2D eigenvalue weighted by Gasteiger charge is 2.42. The summed E-state index contributed by atoms with van der Waals surface area (Å²) in [5.41, 5.74) is 5.43. The van der Waals surface area contributed by atoms with Crippen molar-refractivity contribution >= 4 is 16.8 Å². The van der Waals surface area contributed by atoms with E-state index in [-0.39, 0.29) is 24.5 Å². The second-order valence-corrected chi connectivity index (χ2v) is 7.21. The Balaban J connectivity index is 0.00000109. The Labute approximate surface area is 167 Å². The van der Waals surface area contributed by atoms with Crippen molar-refractivity contribution in [3.63, 3.8) is 0 Å². The zero-order chi connectivity index (χ0) is 20.1. The fourth-order valence-electron chi connectivity index (χ4n) is 4.12. The van der Waals surface area contributed by atoms with Crippen LogP contribution >= 0.6 is 0 Å². The van der Waals surface area contributed by atoms with Gasteiger partial charge in [0, 0.05) is 23.5 Å². The highest BCUT2D eigenvalue weighted by Crippen LogP contribution is 2.51. The zero-order valence-corrected chi connectivity index (χ0v) is 17.0. The molecule has 0 radical (unpaired) electrons. The second kappa shape index (κ2) is 8.61. The van der Waals surface area contributed by atoms with Crippen molar-refractivity contribution in [2.75, 3.05) is 13.2 Å². The van der Waals surface area contributed by atoms with Gasteiger partial charge in [0.25, 0.3) is 5.91 Å². The third-order valence-corrected chi connectivity index (χ3v) is 5.68. The number of carbonyl (C=O) groups is 1. The summed E-state index contributed by atoms with van der Waals surface area (Å²) >= 11 is 0. The number of aromatic nitrogens is 1. The normalized spacial score (nSPS) is 14.7. The number of rotatable bonds is 5. The number of amides is 1. The molecule has 1 aliphatic rings. The van der Waals surface area contributed by atoms with Crippen molar-refractivity contribution in [3.8, 4) is 0 Å². The predicted octanol–water partition coefficient (Wildman–Crippen LogP) is 4.69. The molecule has 0 saturated heterocycles. The Bertz CT molecular complexity index is 937. The summed E-state index contributed by atoms with van der Waals surface area (Å²) in [6, 6.07) is 14.7. The summed E-state index contributed by atoms with van der Waals surface area (Å²) in [6.45, 7) is 6.31. The number of fused-ring (bicyclic) bond motifs is 1. The standard InChI is InChI=1S/C22H24N2O2.C2H6/c1-15-6-8-16(9-7-15)22(10-3-11-22)19-14-24-20-17(19)4-2-5-18(20)21(26)23-12-13-25;1-2/h2,4-9,14,24-25H,3,10-13H2,1H3,(H,23,26);1-2H3. The smallest absolute Gasteiger partial charge is 0.253 e. The van der Waals surface area contributed by atoms with Gasteiger partial charge in [-0.1, -0.05) is 62.2 Å². The molecule has 1 aliphatic carbocycles. The van der Waals surface area contributed by atoms with Gasteiger partial charge in [0.15, 0.2) is 0 Å². The summed E-state index contributed by atoms with van der Waals surface area (Å²) < 4.78 is 0. The molecule has 0 bridgehead atoms. The van der Waals surface area contributed by atoms with E-state index in [0.717, 1.165) is 23.7 Å². The van der Waals surface area contributed by atoms with Gasteiger partial charge in [-0.05, 0) is 37.0 Å². The van der Waals surface area contributed by atoms with E-state index in [4.69, 9.17) is 5.11 Å². The van der Waals surface area contributed by atoms with Crippen LogP contribution in [0.25, 0.3) is 10.9 Å². The Morgan fingerprint density at radius 2 is 1.86 bits per heavy atom. The lowest BCUT2D eigenvalue weighted by Gasteiger charge is -2.42. The number of aliphatic hydroxyl groups excluding tert-OH is 1. The topological polar surface area (TPSA) is 65.1 Å². The van der Waals surface area contributed by atoms with Gasteiger partial charge in [-0.25, -0.2) is 0 Å². The van der Waals surface area contributed by atoms with E-state index < -0.39 is 0 Å². The van der Waals surface area contributed by atoms with Crippen LogP contribution < -0.4 is 5.32 Å². The number of para-hydroxylation sites is 1. The number of carbonyl (C=O) groups excluding carboxylic acids is 1. The van der Waals surface area contributed by atoms with Crippen LogP contribution in [0.15, 0.2) is 48.7 Å². The lowest BCUT2D eigenvalue weighted by molar-refractivity contribution is 0.0946. The molecule has 3 N–H and O–H groups in total. The van der Waals surface area contributed by atoms with Crippen LogP contribution in [0.5, 0.6) is 0 Å². The lowest BCUT2D eigenvalue weighted by atomic mass is 9.60. The molecule has 4 rings (SSSR count). The van der Waals surface area contributed by atoms with E-state index in [1.165, 1.54) is 23.1 Å². The Morgan fingerprint density at radius 1 is 1.14 bits per heavy atom. The van der Waals surface area contributed by atoms with E-state index in [2.05, 4.69) is 53.8 Å². The van der Waals surface area contributed by atoms with Crippen molar-refractivity contribution in [2.24, 2.45) is 0 Å². The minimum atomic E-state index is -0.156. The van der Waals surface area contributed by atoms with Crippen molar-refractivity contribution in [2.45, 2.75) is 45.4 Å². The number of aryl methyl sites for hydroxylation is 1. The van der Waals surface area contributed by atoms with Gasteiger partial charge in [-0.15, -0.1) is 0 Å². The maximum Gasteiger partial charge on any atom is 0.253 e. The van der Waals surface area contributed by atoms with Crippen LogP contribution in [-0.2, 0) is 5.41 Å². The SMILES string of the molecule is CC.Cc1ccc(C2(c3c[nH]c4c(C(=O)NCCO)cccc34)CCC2)cc1. The first-order valence-electron chi connectivity index (χ1n) is 10.2. The number of aromatic amines is 1. The lowest BCUT2D eigenvalue weighted by Crippen LogP contribution is -2.35. The average Bonchev–Trinajstić information content (AvgIpc) is 3.13. The van der Waals surface area contributed by atoms with Crippen molar-refractivity contribution < 1.29 is 9.90 Å². The molecule has 0 atom stereocenters. The number of benzene rings is 2. The highest BCUT2D eigenvalue weighted by molar-refractivity contribution is 6.06.